The lowest BCUT2D eigenvalue weighted by Crippen LogP contribution is -2.44. The Hall–Kier alpha value is -0.920. The molecule has 1 aliphatic rings. The van der Waals surface area contributed by atoms with Gasteiger partial charge in [-0.25, -0.2) is 17.7 Å². The Morgan fingerprint density at radius 2 is 2.24 bits per heavy atom. The van der Waals surface area contributed by atoms with Gasteiger partial charge in [-0.1, -0.05) is 0 Å². The molecular weight excluding hydrogens is 242 g/mol. The van der Waals surface area contributed by atoms with Crippen LogP contribution in [0.5, 0.6) is 0 Å². The van der Waals surface area contributed by atoms with Crippen molar-refractivity contribution in [2.75, 3.05) is 19.3 Å². The molecule has 1 fully saturated rings. The highest BCUT2D eigenvalue weighted by molar-refractivity contribution is 7.88. The molecule has 0 bridgehead atoms. The summed E-state index contributed by atoms with van der Waals surface area (Å²) in [7, 11) is -3.03. The summed E-state index contributed by atoms with van der Waals surface area (Å²) in [6, 6.07) is 0.345. The van der Waals surface area contributed by atoms with Crippen LogP contribution in [-0.4, -0.2) is 43.1 Å². The fourth-order valence-electron chi connectivity index (χ4n) is 1.97. The lowest BCUT2D eigenvalue weighted by molar-refractivity contribution is 0.285. The van der Waals surface area contributed by atoms with E-state index < -0.39 is 10.0 Å². The maximum atomic E-state index is 11.3. The maximum absolute atomic E-state index is 11.3. The summed E-state index contributed by atoms with van der Waals surface area (Å²) in [5.41, 5.74) is 0. The molecule has 1 aromatic heterocycles. The molecule has 2 rings (SSSR count). The minimum Gasteiger partial charge on any atom is -0.447 e. The third-order valence-corrected chi connectivity index (χ3v) is 4.27. The van der Waals surface area contributed by atoms with Crippen LogP contribution in [0.4, 0.5) is 0 Å². The van der Waals surface area contributed by atoms with Crippen LogP contribution < -0.4 is 5.32 Å². The van der Waals surface area contributed by atoms with E-state index in [9.17, 15) is 8.42 Å². The van der Waals surface area contributed by atoms with Gasteiger partial charge >= 0.3 is 0 Å². The van der Waals surface area contributed by atoms with Crippen molar-refractivity contribution in [3.05, 3.63) is 18.4 Å². The molecule has 1 aliphatic heterocycles. The predicted octanol–water partition coefficient (Wildman–Crippen LogP) is 0.188. The van der Waals surface area contributed by atoms with Crippen molar-refractivity contribution < 1.29 is 12.8 Å². The third-order valence-electron chi connectivity index (χ3n) is 2.97. The fourth-order valence-corrected chi connectivity index (χ4v) is 2.84. The van der Waals surface area contributed by atoms with Gasteiger partial charge in [-0.3, -0.25) is 0 Å². The van der Waals surface area contributed by atoms with E-state index in [0.717, 1.165) is 18.6 Å². The van der Waals surface area contributed by atoms with Gasteiger partial charge in [-0.15, -0.1) is 0 Å². The molecule has 0 unspecified atom stereocenters. The predicted molar refractivity (Wildman–Crippen MR) is 62.8 cm³/mol. The standard InChI is InChI=1S/C10H17N3O3S/c1-17(14,15)13-4-2-9(3-5-13)12-7-10-6-11-8-16-10/h6,8-9,12H,2-5,7H2,1H3. The SMILES string of the molecule is CS(=O)(=O)N1CCC(NCc2cnco2)CC1. The van der Waals surface area contributed by atoms with Crippen molar-refractivity contribution in [3.8, 4) is 0 Å². The normalized spacial score (nSPS) is 19.6. The Kier molecular flexibility index (Phi) is 3.80. The molecule has 17 heavy (non-hydrogen) atoms. The molecule has 96 valence electrons. The van der Waals surface area contributed by atoms with Gasteiger partial charge in [-0.05, 0) is 12.8 Å². The summed E-state index contributed by atoms with van der Waals surface area (Å²) in [6.07, 6.45) is 6.01. The summed E-state index contributed by atoms with van der Waals surface area (Å²) < 4.78 is 29.3. The van der Waals surface area contributed by atoms with Crippen molar-refractivity contribution in [2.45, 2.75) is 25.4 Å². The number of rotatable bonds is 4. The van der Waals surface area contributed by atoms with Crippen LogP contribution in [0, 0.1) is 0 Å². The van der Waals surface area contributed by atoms with E-state index in [1.54, 1.807) is 6.20 Å². The van der Waals surface area contributed by atoms with Gasteiger partial charge in [0, 0.05) is 19.1 Å². The molecule has 2 heterocycles. The summed E-state index contributed by atoms with van der Waals surface area (Å²) >= 11 is 0. The number of nitrogens with zero attached hydrogens (tertiary/aromatic N) is 2. The molecule has 0 radical (unpaired) electrons. The Morgan fingerprint density at radius 1 is 1.53 bits per heavy atom. The summed E-state index contributed by atoms with van der Waals surface area (Å²) in [5.74, 6) is 0.801. The minimum atomic E-state index is -3.03. The topological polar surface area (TPSA) is 75.4 Å². The van der Waals surface area contributed by atoms with Crippen molar-refractivity contribution in [1.29, 1.82) is 0 Å². The zero-order chi connectivity index (χ0) is 12.3. The van der Waals surface area contributed by atoms with E-state index in [1.807, 2.05) is 0 Å². The quantitative estimate of drug-likeness (QED) is 0.835. The van der Waals surface area contributed by atoms with Crippen LogP contribution in [0.25, 0.3) is 0 Å². The molecule has 0 amide bonds. The highest BCUT2D eigenvalue weighted by atomic mass is 32.2. The Labute approximate surface area is 101 Å². The highest BCUT2D eigenvalue weighted by Gasteiger charge is 2.24. The van der Waals surface area contributed by atoms with Crippen LogP contribution in [0.15, 0.2) is 17.0 Å². The number of aromatic nitrogens is 1. The number of nitrogens with one attached hydrogen (secondary N) is 1. The van der Waals surface area contributed by atoms with Gasteiger partial charge in [0.25, 0.3) is 0 Å². The molecule has 0 saturated carbocycles. The van der Waals surface area contributed by atoms with E-state index in [2.05, 4.69) is 10.3 Å². The lowest BCUT2D eigenvalue weighted by Gasteiger charge is -2.30. The largest absolute Gasteiger partial charge is 0.447 e. The maximum Gasteiger partial charge on any atom is 0.211 e. The second-order valence-electron chi connectivity index (χ2n) is 4.28. The number of hydrogen-bond acceptors (Lipinski definition) is 5. The van der Waals surface area contributed by atoms with E-state index >= 15 is 0 Å². The number of hydrogen-bond donors (Lipinski definition) is 1. The first-order valence-corrected chi connectivity index (χ1v) is 7.46. The van der Waals surface area contributed by atoms with Gasteiger partial charge in [0.15, 0.2) is 6.39 Å². The molecule has 0 spiro atoms. The van der Waals surface area contributed by atoms with E-state index in [0.29, 0.717) is 25.7 Å². The molecule has 0 aromatic carbocycles. The van der Waals surface area contributed by atoms with Crippen molar-refractivity contribution in [1.82, 2.24) is 14.6 Å². The van der Waals surface area contributed by atoms with E-state index in [-0.39, 0.29) is 0 Å². The number of oxazole rings is 1. The molecule has 0 atom stereocenters. The highest BCUT2D eigenvalue weighted by Crippen LogP contribution is 2.13. The first kappa shape index (κ1) is 12.5. The van der Waals surface area contributed by atoms with Crippen LogP contribution in [-0.2, 0) is 16.6 Å². The average Bonchev–Trinajstić information content (AvgIpc) is 2.78. The van der Waals surface area contributed by atoms with Gasteiger partial charge in [0.05, 0.1) is 19.0 Å². The van der Waals surface area contributed by atoms with Gasteiger partial charge in [-0.2, -0.15) is 0 Å². The summed E-state index contributed by atoms with van der Waals surface area (Å²) in [5, 5.41) is 3.34. The number of piperidine rings is 1. The van der Waals surface area contributed by atoms with Crippen LogP contribution >= 0.6 is 0 Å². The first-order chi connectivity index (χ1) is 8.05. The fraction of sp³-hybridized carbons (Fsp3) is 0.700. The van der Waals surface area contributed by atoms with Gasteiger partial charge in [0.1, 0.15) is 5.76 Å². The molecule has 1 N–H and O–H groups in total. The van der Waals surface area contributed by atoms with Gasteiger partial charge < -0.3 is 9.73 Å². The Bertz CT molecular complexity index is 435. The number of sulfonamides is 1. The van der Waals surface area contributed by atoms with Crippen LogP contribution in [0.2, 0.25) is 0 Å². The monoisotopic (exact) mass is 259 g/mol. The molecule has 1 saturated heterocycles. The second-order valence-corrected chi connectivity index (χ2v) is 6.27. The van der Waals surface area contributed by atoms with Crippen LogP contribution in [0.1, 0.15) is 18.6 Å². The zero-order valence-corrected chi connectivity index (χ0v) is 10.6. The molecule has 1 aromatic rings. The smallest absolute Gasteiger partial charge is 0.211 e. The minimum absolute atomic E-state index is 0.345. The van der Waals surface area contributed by atoms with Crippen LogP contribution in [0.3, 0.4) is 0 Å². The lowest BCUT2D eigenvalue weighted by atomic mass is 10.1. The molecule has 7 heteroatoms. The first-order valence-electron chi connectivity index (χ1n) is 5.61. The average molecular weight is 259 g/mol. The Morgan fingerprint density at radius 3 is 2.76 bits per heavy atom. The van der Waals surface area contributed by atoms with E-state index in [1.165, 1.54) is 17.0 Å². The van der Waals surface area contributed by atoms with Crippen molar-refractivity contribution in [2.24, 2.45) is 0 Å². The van der Waals surface area contributed by atoms with Crippen molar-refractivity contribution >= 4 is 10.0 Å². The summed E-state index contributed by atoms with van der Waals surface area (Å²) in [4.78, 5) is 3.84. The van der Waals surface area contributed by atoms with E-state index in [4.69, 9.17) is 4.42 Å². The third kappa shape index (κ3) is 3.52. The zero-order valence-electron chi connectivity index (χ0n) is 9.80. The van der Waals surface area contributed by atoms with Crippen molar-refractivity contribution in [3.63, 3.8) is 0 Å². The molecule has 6 nitrogen and oxygen atoms in total. The second kappa shape index (κ2) is 5.16. The molecular formula is C10H17N3O3S. The Balaban J connectivity index is 1.76. The summed E-state index contributed by atoms with van der Waals surface area (Å²) in [6.45, 7) is 1.82. The molecule has 0 aliphatic carbocycles. The van der Waals surface area contributed by atoms with Gasteiger partial charge in [0.2, 0.25) is 10.0 Å².